The van der Waals surface area contributed by atoms with Gasteiger partial charge < -0.3 is 20.7 Å². The molecule has 0 unspecified atom stereocenters. The first-order chi connectivity index (χ1) is 10.9. The molecule has 3 N–H and O–H groups in total. The number of rotatable bonds is 2. The first kappa shape index (κ1) is 15.9. The lowest BCUT2D eigenvalue weighted by Crippen LogP contribution is -2.44. The summed E-state index contributed by atoms with van der Waals surface area (Å²) in [6.07, 6.45) is 2.21. The second-order valence-electron chi connectivity index (χ2n) is 6.32. The quantitative estimate of drug-likeness (QED) is 0.804. The van der Waals surface area contributed by atoms with Crippen molar-refractivity contribution in [3.8, 4) is 5.75 Å². The Kier molecular flexibility index (Phi) is 4.10. The smallest absolute Gasteiger partial charge is 0.257 e. The van der Waals surface area contributed by atoms with Gasteiger partial charge >= 0.3 is 0 Å². The number of anilines is 1. The van der Waals surface area contributed by atoms with Crippen molar-refractivity contribution in [2.24, 2.45) is 5.41 Å². The van der Waals surface area contributed by atoms with Gasteiger partial charge in [0.1, 0.15) is 5.75 Å². The Morgan fingerprint density at radius 1 is 1.39 bits per heavy atom. The second kappa shape index (κ2) is 5.92. The molecule has 0 aromatic heterocycles. The molecular weight excluding hydrogens is 318 g/mol. The van der Waals surface area contributed by atoms with Crippen LogP contribution in [-0.4, -0.2) is 43.5 Å². The predicted octanol–water partition coefficient (Wildman–Crippen LogP) is 1.67. The molecule has 1 aromatic carbocycles. The fraction of sp³-hybridized carbons (Fsp3) is 0.500. The standard InChI is InChI=1S/C16H20ClN3O3/c1-23-13-7-12(18)11(17)6-10(13)15(22)20-4-2-16(3-5-20)8-14(21)19-9-16/h6-7H,2-5,8-9,18H2,1H3,(H,19,21). The summed E-state index contributed by atoms with van der Waals surface area (Å²) in [7, 11) is 1.50. The fourth-order valence-corrected chi connectivity index (χ4v) is 3.53. The van der Waals surface area contributed by atoms with Crippen molar-refractivity contribution in [2.45, 2.75) is 19.3 Å². The summed E-state index contributed by atoms with van der Waals surface area (Å²) in [5, 5.41) is 3.23. The van der Waals surface area contributed by atoms with E-state index in [0.29, 0.717) is 48.1 Å². The van der Waals surface area contributed by atoms with Gasteiger partial charge in [-0.25, -0.2) is 0 Å². The molecule has 2 aliphatic heterocycles. The fourth-order valence-electron chi connectivity index (χ4n) is 3.36. The molecule has 23 heavy (non-hydrogen) atoms. The summed E-state index contributed by atoms with van der Waals surface area (Å²) < 4.78 is 5.26. The molecule has 2 amide bonds. The number of carbonyl (C=O) groups excluding carboxylic acids is 2. The lowest BCUT2D eigenvalue weighted by Gasteiger charge is -2.38. The predicted molar refractivity (Wildman–Crippen MR) is 87.6 cm³/mol. The zero-order valence-electron chi connectivity index (χ0n) is 13.0. The van der Waals surface area contributed by atoms with Crippen molar-refractivity contribution in [3.63, 3.8) is 0 Å². The van der Waals surface area contributed by atoms with Gasteiger partial charge in [-0.15, -0.1) is 0 Å². The Morgan fingerprint density at radius 3 is 2.65 bits per heavy atom. The van der Waals surface area contributed by atoms with E-state index >= 15 is 0 Å². The second-order valence-corrected chi connectivity index (χ2v) is 6.73. The number of nitrogens with zero attached hydrogens (tertiary/aromatic N) is 1. The van der Waals surface area contributed by atoms with Crippen LogP contribution in [0.15, 0.2) is 12.1 Å². The van der Waals surface area contributed by atoms with Crippen LogP contribution in [0.4, 0.5) is 5.69 Å². The van der Waals surface area contributed by atoms with Gasteiger partial charge in [0, 0.05) is 32.1 Å². The molecule has 7 heteroatoms. The molecule has 6 nitrogen and oxygen atoms in total. The minimum Gasteiger partial charge on any atom is -0.496 e. The van der Waals surface area contributed by atoms with Gasteiger partial charge in [0.2, 0.25) is 5.91 Å². The van der Waals surface area contributed by atoms with Gasteiger partial charge in [-0.1, -0.05) is 11.6 Å². The number of halogens is 1. The molecule has 0 bridgehead atoms. The number of piperidine rings is 1. The molecule has 124 valence electrons. The Bertz CT molecular complexity index is 654. The Hall–Kier alpha value is -1.95. The highest BCUT2D eigenvalue weighted by Crippen LogP contribution is 2.38. The SMILES string of the molecule is COc1cc(N)c(Cl)cc1C(=O)N1CCC2(CC1)CNC(=O)C2. The zero-order chi connectivity index (χ0) is 16.6. The molecule has 2 heterocycles. The molecule has 1 aromatic rings. The van der Waals surface area contributed by atoms with Gasteiger partial charge in [-0.05, 0) is 24.3 Å². The van der Waals surface area contributed by atoms with Crippen molar-refractivity contribution in [1.29, 1.82) is 0 Å². The number of carbonyl (C=O) groups is 2. The topological polar surface area (TPSA) is 84.7 Å². The van der Waals surface area contributed by atoms with Crippen LogP contribution in [0.5, 0.6) is 5.75 Å². The number of hydrogen-bond donors (Lipinski definition) is 2. The largest absolute Gasteiger partial charge is 0.496 e. The number of nitrogens with one attached hydrogen (secondary N) is 1. The van der Waals surface area contributed by atoms with Gasteiger partial charge in [0.25, 0.3) is 5.91 Å². The number of hydrogen-bond acceptors (Lipinski definition) is 4. The molecule has 0 atom stereocenters. The third-order valence-corrected chi connectivity index (χ3v) is 5.18. The molecule has 0 radical (unpaired) electrons. The van der Waals surface area contributed by atoms with E-state index in [1.54, 1.807) is 17.0 Å². The maximum Gasteiger partial charge on any atom is 0.257 e. The number of methoxy groups -OCH3 is 1. The van der Waals surface area contributed by atoms with Gasteiger partial charge in [-0.2, -0.15) is 0 Å². The highest BCUT2D eigenvalue weighted by Gasteiger charge is 2.41. The molecule has 0 saturated carbocycles. The lowest BCUT2D eigenvalue weighted by atomic mass is 9.77. The molecule has 2 aliphatic rings. The van der Waals surface area contributed by atoms with E-state index in [-0.39, 0.29) is 17.2 Å². The number of nitrogens with two attached hydrogens (primary N) is 1. The van der Waals surface area contributed by atoms with Crippen LogP contribution in [0.25, 0.3) is 0 Å². The molecule has 0 aliphatic carbocycles. The number of likely N-dealkylation sites (tertiary alicyclic amines) is 1. The molecule has 1 spiro atoms. The van der Waals surface area contributed by atoms with E-state index in [4.69, 9.17) is 22.1 Å². The maximum absolute atomic E-state index is 12.8. The molecule has 2 fully saturated rings. The number of benzene rings is 1. The highest BCUT2D eigenvalue weighted by molar-refractivity contribution is 6.33. The van der Waals surface area contributed by atoms with Crippen LogP contribution in [0.3, 0.4) is 0 Å². The monoisotopic (exact) mass is 337 g/mol. The minimum absolute atomic E-state index is 0.0106. The van der Waals surface area contributed by atoms with E-state index < -0.39 is 0 Å². The average Bonchev–Trinajstić information content (AvgIpc) is 2.90. The summed E-state index contributed by atoms with van der Waals surface area (Å²) in [5.41, 5.74) is 6.57. The number of ether oxygens (including phenoxy) is 1. The Balaban J connectivity index is 1.75. The molecular formula is C16H20ClN3O3. The Labute approximate surface area is 139 Å². The van der Waals surface area contributed by atoms with Crippen LogP contribution >= 0.6 is 11.6 Å². The number of amides is 2. The van der Waals surface area contributed by atoms with E-state index in [2.05, 4.69) is 5.32 Å². The molecule has 2 saturated heterocycles. The van der Waals surface area contributed by atoms with Crippen molar-refractivity contribution in [1.82, 2.24) is 10.2 Å². The zero-order valence-corrected chi connectivity index (χ0v) is 13.8. The summed E-state index contributed by atoms with van der Waals surface area (Å²) >= 11 is 6.04. The van der Waals surface area contributed by atoms with Crippen molar-refractivity contribution >= 4 is 29.1 Å². The van der Waals surface area contributed by atoms with E-state index in [9.17, 15) is 9.59 Å². The van der Waals surface area contributed by atoms with E-state index in [0.717, 1.165) is 12.8 Å². The summed E-state index contributed by atoms with van der Waals surface area (Å²) in [6, 6.07) is 3.13. The Morgan fingerprint density at radius 2 is 2.09 bits per heavy atom. The average molecular weight is 338 g/mol. The van der Waals surface area contributed by atoms with E-state index in [1.165, 1.54) is 7.11 Å². The van der Waals surface area contributed by atoms with Crippen molar-refractivity contribution in [3.05, 3.63) is 22.7 Å². The van der Waals surface area contributed by atoms with Crippen molar-refractivity contribution < 1.29 is 14.3 Å². The number of nitrogen functional groups attached to an aromatic ring is 1. The first-order valence-corrected chi connectivity index (χ1v) is 8.01. The van der Waals surface area contributed by atoms with Gasteiger partial charge in [0.05, 0.1) is 23.4 Å². The van der Waals surface area contributed by atoms with Crippen LogP contribution in [0.1, 0.15) is 29.6 Å². The van der Waals surface area contributed by atoms with E-state index in [1.807, 2.05) is 0 Å². The van der Waals surface area contributed by atoms with Crippen LogP contribution in [0, 0.1) is 5.41 Å². The van der Waals surface area contributed by atoms with Crippen molar-refractivity contribution in [2.75, 3.05) is 32.5 Å². The summed E-state index contributed by atoms with van der Waals surface area (Å²) in [4.78, 5) is 26.0. The van der Waals surface area contributed by atoms with Gasteiger partial charge in [0.15, 0.2) is 0 Å². The highest BCUT2D eigenvalue weighted by atomic mass is 35.5. The van der Waals surface area contributed by atoms with Crippen LogP contribution < -0.4 is 15.8 Å². The lowest BCUT2D eigenvalue weighted by molar-refractivity contribution is -0.119. The maximum atomic E-state index is 12.8. The minimum atomic E-state index is -0.115. The summed E-state index contributed by atoms with van der Waals surface area (Å²) in [5.74, 6) is 0.419. The third-order valence-electron chi connectivity index (χ3n) is 4.86. The third kappa shape index (κ3) is 2.95. The van der Waals surface area contributed by atoms with Gasteiger partial charge in [-0.3, -0.25) is 9.59 Å². The first-order valence-electron chi connectivity index (χ1n) is 7.63. The summed E-state index contributed by atoms with van der Waals surface area (Å²) in [6.45, 7) is 1.96. The van der Waals surface area contributed by atoms with Crippen LogP contribution in [-0.2, 0) is 4.79 Å². The molecule has 3 rings (SSSR count). The van der Waals surface area contributed by atoms with Crippen LogP contribution in [0.2, 0.25) is 5.02 Å². The normalized spacial score (nSPS) is 19.7.